The van der Waals surface area contributed by atoms with Crippen molar-refractivity contribution in [2.24, 2.45) is 5.92 Å². The number of hydrogen-bond donors (Lipinski definition) is 2. The Bertz CT molecular complexity index is 1380. The number of nitrogens with zero attached hydrogens (tertiary/aromatic N) is 2. The van der Waals surface area contributed by atoms with E-state index in [0.717, 1.165) is 29.2 Å². The molecule has 0 aromatic heterocycles. The Balaban J connectivity index is 1.26. The number of phenols is 1. The Kier molecular flexibility index (Phi) is 3.83. The zero-order chi connectivity index (χ0) is 24.7. The second kappa shape index (κ2) is 6.50. The van der Waals surface area contributed by atoms with E-state index >= 15 is 0 Å². The highest BCUT2D eigenvalue weighted by molar-refractivity contribution is 6.22. The van der Waals surface area contributed by atoms with Gasteiger partial charge in [0.25, 0.3) is 11.8 Å². The molecule has 1 spiro atoms. The SMILES string of the molecule is Cc1cccc2c1C(=O)N([C@@H]1CC[C@@]3(O)[C@H]4C(CC35c3c(C)ccc(O)c3O[C@@H]15)N4CC1CC1)C2=O. The summed E-state index contributed by atoms with van der Waals surface area (Å²) in [4.78, 5) is 31.1. The molecule has 186 valence electrons. The first kappa shape index (κ1) is 21.2. The topological polar surface area (TPSA) is 90.1 Å². The fraction of sp³-hybridized carbons (Fsp3) is 0.517. The maximum absolute atomic E-state index is 13.7. The van der Waals surface area contributed by atoms with E-state index in [1.165, 1.54) is 17.7 Å². The van der Waals surface area contributed by atoms with Crippen LogP contribution < -0.4 is 4.74 Å². The predicted octanol–water partition coefficient (Wildman–Crippen LogP) is 3.06. The summed E-state index contributed by atoms with van der Waals surface area (Å²) in [6, 6.07) is 8.71. The van der Waals surface area contributed by atoms with Crippen molar-refractivity contribution in [1.82, 2.24) is 9.80 Å². The number of carbonyl (C=O) groups is 2. The molecular formula is C29H30N2O5. The Labute approximate surface area is 209 Å². The van der Waals surface area contributed by atoms with Gasteiger partial charge in [-0.1, -0.05) is 18.2 Å². The van der Waals surface area contributed by atoms with Gasteiger partial charge in [-0.25, -0.2) is 0 Å². The van der Waals surface area contributed by atoms with E-state index in [1.807, 2.05) is 32.0 Å². The number of aliphatic hydroxyl groups is 1. The van der Waals surface area contributed by atoms with Crippen LogP contribution in [0.15, 0.2) is 30.3 Å². The van der Waals surface area contributed by atoms with Gasteiger partial charge in [0.05, 0.1) is 34.2 Å². The zero-order valence-corrected chi connectivity index (χ0v) is 20.5. The van der Waals surface area contributed by atoms with Gasteiger partial charge in [-0.2, -0.15) is 0 Å². The van der Waals surface area contributed by atoms with Crippen molar-refractivity contribution < 1.29 is 24.5 Å². The van der Waals surface area contributed by atoms with Crippen molar-refractivity contribution in [3.8, 4) is 11.5 Å². The lowest BCUT2D eigenvalue weighted by Gasteiger charge is -2.53. The molecule has 7 atom stereocenters. The highest BCUT2D eigenvalue weighted by Crippen LogP contribution is 2.70. The highest BCUT2D eigenvalue weighted by Gasteiger charge is 2.81. The van der Waals surface area contributed by atoms with Crippen LogP contribution in [0, 0.1) is 19.8 Å². The Morgan fingerprint density at radius 2 is 1.83 bits per heavy atom. The Morgan fingerprint density at radius 1 is 1.03 bits per heavy atom. The number of rotatable bonds is 3. The molecule has 1 saturated heterocycles. The molecular weight excluding hydrogens is 456 g/mol. The fourth-order valence-electron chi connectivity index (χ4n) is 8.50. The van der Waals surface area contributed by atoms with Crippen LogP contribution in [0.2, 0.25) is 0 Å². The molecule has 3 saturated carbocycles. The molecule has 4 fully saturated rings. The number of carbonyl (C=O) groups excluding carboxylic acids is 2. The number of piperidine rings is 1. The van der Waals surface area contributed by atoms with E-state index in [2.05, 4.69) is 4.90 Å². The molecule has 7 heteroatoms. The van der Waals surface area contributed by atoms with Gasteiger partial charge in [0.2, 0.25) is 0 Å². The number of phenolic OH excluding ortho intramolecular Hbond substituents is 1. The minimum atomic E-state index is -1.04. The molecule has 3 aliphatic heterocycles. The molecule has 6 aliphatic rings. The van der Waals surface area contributed by atoms with E-state index in [1.54, 1.807) is 12.1 Å². The van der Waals surface area contributed by atoms with Crippen LogP contribution >= 0.6 is 0 Å². The molecule has 2 N–H and O–H groups in total. The fourth-order valence-corrected chi connectivity index (χ4v) is 8.50. The second-order valence-corrected chi connectivity index (χ2v) is 12.0. The number of fused-ring (bicyclic) bond motifs is 4. The maximum Gasteiger partial charge on any atom is 0.262 e. The standard InChI is InChI=1S/C29H30N2O5/c1-14-4-3-5-17-21(14)27(34)31(26(17)33)18-10-11-29(35)24-19(30(24)13-16-7-8-16)12-28(29)22-15(2)6-9-20(32)23(22)36-25(18)28/h3-6,9,16,18-19,24-25,32,35H,7-8,10-13H2,1-2H3/t18-,19?,24-,25+,28?,29-,30?/m1/s1. The molecule has 0 bridgehead atoms. The van der Waals surface area contributed by atoms with Crippen LogP contribution in [0.25, 0.3) is 0 Å². The second-order valence-electron chi connectivity index (χ2n) is 12.0. The van der Waals surface area contributed by atoms with Crippen molar-refractivity contribution in [2.75, 3.05) is 6.54 Å². The molecule has 7 nitrogen and oxygen atoms in total. The zero-order valence-electron chi connectivity index (χ0n) is 20.5. The monoisotopic (exact) mass is 486 g/mol. The molecule has 2 amide bonds. The molecule has 3 heterocycles. The summed E-state index contributed by atoms with van der Waals surface area (Å²) in [5, 5.41) is 23.4. The van der Waals surface area contributed by atoms with E-state index in [-0.39, 0.29) is 29.6 Å². The van der Waals surface area contributed by atoms with Crippen LogP contribution in [0.4, 0.5) is 0 Å². The van der Waals surface area contributed by atoms with Gasteiger partial charge in [-0.05, 0) is 75.1 Å². The number of imide groups is 1. The molecule has 0 radical (unpaired) electrons. The van der Waals surface area contributed by atoms with Crippen LogP contribution in [0.3, 0.4) is 0 Å². The van der Waals surface area contributed by atoms with Gasteiger partial charge < -0.3 is 14.9 Å². The molecule has 3 unspecified atom stereocenters. The average molecular weight is 487 g/mol. The van der Waals surface area contributed by atoms with Crippen molar-refractivity contribution in [3.05, 3.63) is 58.1 Å². The third kappa shape index (κ3) is 2.28. The van der Waals surface area contributed by atoms with Crippen LogP contribution in [0.5, 0.6) is 11.5 Å². The lowest BCUT2D eigenvalue weighted by molar-refractivity contribution is -0.124. The van der Waals surface area contributed by atoms with Crippen molar-refractivity contribution >= 4 is 11.8 Å². The largest absolute Gasteiger partial charge is 0.504 e. The lowest BCUT2D eigenvalue weighted by Crippen LogP contribution is -2.68. The number of ether oxygens (including phenoxy) is 1. The third-order valence-corrected chi connectivity index (χ3v) is 10.2. The first-order valence-corrected chi connectivity index (χ1v) is 13.2. The van der Waals surface area contributed by atoms with Crippen molar-refractivity contribution in [3.63, 3.8) is 0 Å². The number of aromatic hydroxyl groups is 1. The summed E-state index contributed by atoms with van der Waals surface area (Å²) >= 11 is 0. The first-order valence-electron chi connectivity index (χ1n) is 13.2. The van der Waals surface area contributed by atoms with E-state index < -0.39 is 23.2 Å². The number of aryl methyl sites for hydroxylation is 2. The van der Waals surface area contributed by atoms with E-state index in [0.29, 0.717) is 36.1 Å². The molecule has 2 aromatic rings. The maximum atomic E-state index is 13.7. The summed E-state index contributed by atoms with van der Waals surface area (Å²) in [6.45, 7) is 4.89. The lowest BCUT2D eigenvalue weighted by atomic mass is 9.57. The summed E-state index contributed by atoms with van der Waals surface area (Å²) in [5.74, 6) is 0.630. The molecule has 3 aliphatic carbocycles. The Morgan fingerprint density at radius 3 is 2.58 bits per heavy atom. The van der Waals surface area contributed by atoms with Crippen molar-refractivity contribution in [1.29, 1.82) is 0 Å². The normalized spacial score (nSPS) is 39.3. The number of likely N-dealkylation sites (tertiary alicyclic amines) is 1. The third-order valence-electron chi connectivity index (χ3n) is 10.2. The smallest absolute Gasteiger partial charge is 0.262 e. The quantitative estimate of drug-likeness (QED) is 0.512. The number of hydrogen-bond acceptors (Lipinski definition) is 6. The summed E-state index contributed by atoms with van der Waals surface area (Å²) in [5.41, 5.74) is 1.73. The molecule has 36 heavy (non-hydrogen) atoms. The van der Waals surface area contributed by atoms with Gasteiger partial charge in [0.1, 0.15) is 6.10 Å². The summed E-state index contributed by atoms with van der Waals surface area (Å²) in [7, 11) is 0. The van der Waals surface area contributed by atoms with Gasteiger partial charge in [0, 0.05) is 18.2 Å². The van der Waals surface area contributed by atoms with Gasteiger partial charge >= 0.3 is 0 Å². The van der Waals surface area contributed by atoms with Gasteiger partial charge in [-0.15, -0.1) is 0 Å². The van der Waals surface area contributed by atoms with Crippen LogP contribution in [0.1, 0.15) is 69.5 Å². The highest BCUT2D eigenvalue weighted by atomic mass is 16.5. The number of benzene rings is 2. The summed E-state index contributed by atoms with van der Waals surface area (Å²) in [6.07, 6.45) is 3.60. The molecule has 8 rings (SSSR count). The minimum absolute atomic E-state index is 0.0501. The van der Waals surface area contributed by atoms with Crippen LogP contribution in [-0.2, 0) is 5.41 Å². The van der Waals surface area contributed by atoms with Gasteiger partial charge in [-0.3, -0.25) is 19.4 Å². The predicted molar refractivity (Wildman–Crippen MR) is 130 cm³/mol. The van der Waals surface area contributed by atoms with Gasteiger partial charge in [0.15, 0.2) is 11.5 Å². The summed E-state index contributed by atoms with van der Waals surface area (Å²) < 4.78 is 6.57. The van der Waals surface area contributed by atoms with Crippen LogP contribution in [-0.4, -0.2) is 68.2 Å². The first-order chi connectivity index (χ1) is 17.3. The van der Waals surface area contributed by atoms with Crippen molar-refractivity contribution in [2.45, 2.75) is 81.2 Å². The number of amides is 2. The molecule has 2 aromatic carbocycles. The minimum Gasteiger partial charge on any atom is -0.504 e. The Hall–Kier alpha value is -2.90. The van der Waals surface area contributed by atoms with E-state index in [4.69, 9.17) is 4.74 Å². The average Bonchev–Trinajstić information content (AvgIpc) is 3.71. The van der Waals surface area contributed by atoms with E-state index in [9.17, 15) is 19.8 Å².